The summed E-state index contributed by atoms with van der Waals surface area (Å²) in [5.74, 6) is 0. The highest BCUT2D eigenvalue weighted by molar-refractivity contribution is 7.86. The van der Waals surface area contributed by atoms with Gasteiger partial charge in [0.1, 0.15) is 0 Å². The van der Waals surface area contributed by atoms with Crippen molar-refractivity contribution in [2.45, 2.75) is 0 Å². The lowest BCUT2D eigenvalue weighted by Crippen LogP contribution is -2.36. The average molecular weight is 216 g/mol. The van der Waals surface area contributed by atoms with Crippen molar-refractivity contribution < 1.29 is 8.76 Å². The van der Waals surface area contributed by atoms with Crippen molar-refractivity contribution >= 4 is 34.3 Å². The molecule has 3 N–H and O–H groups in total. The van der Waals surface area contributed by atoms with Crippen LogP contribution in [0.25, 0.3) is 0 Å². The molecule has 1 rings (SSSR count). The Bertz CT molecular complexity index is 315. The van der Waals surface area contributed by atoms with Gasteiger partial charge in [0.25, 0.3) is 11.3 Å². The van der Waals surface area contributed by atoms with Crippen LogP contribution in [0.15, 0.2) is 30.3 Å². The smallest absolute Gasteiger partial charge is 0.268 e. The Labute approximate surface area is 83.8 Å². The van der Waals surface area contributed by atoms with Gasteiger partial charge >= 0.3 is 0 Å². The second-order valence-electron chi connectivity index (χ2n) is 2.20. The van der Waals surface area contributed by atoms with Crippen LogP contribution in [0.1, 0.15) is 0 Å². The summed E-state index contributed by atoms with van der Waals surface area (Å²) in [5.41, 5.74) is 5.77. The average Bonchev–Trinajstić information content (AvgIpc) is 2.04. The van der Waals surface area contributed by atoms with E-state index in [0.29, 0.717) is 5.69 Å². The third-order valence-corrected chi connectivity index (χ3v) is 2.37. The number of nitrogens with two attached hydrogens (primary N) is 1. The highest BCUT2D eigenvalue weighted by Crippen LogP contribution is 2.13. The zero-order valence-electron chi connectivity index (χ0n) is 6.58. The van der Waals surface area contributed by atoms with Gasteiger partial charge in [0, 0.05) is 0 Å². The first-order valence-corrected chi connectivity index (χ1v) is 4.85. The summed E-state index contributed by atoms with van der Waals surface area (Å²) in [4.78, 5) is 0. The summed E-state index contributed by atoms with van der Waals surface area (Å²) in [7, 11) is 0. The Morgan fingerprint density at radius 3 is 2.38 bits per heavy atom. The van der Waals surface area contributed by atoms with Crippen LogP contribution in [0.5, 0.6) is 0 Å². The molecule has 0 aliphatic heterocycles. The van der Waals surface area contributed by atoms with Gasteiger partial charge in [0.2, 0.25) is 0 Å². The van der Waals surface area contributed by atoms with E-state index in [1.807, 2.05) is 0 Å². The molecule has 6 heteroatoms. The molecule has 0 aromatic heterocycles. The maximum atomic E-state index is 10.8. The Morgan fingerprint density at radius 1 is 1.46 bits per heavy atom. The van der Waals surface area contributed by atoms with Crippen molar-refractivity contribution in [3.8, 4) is 0 Å². The molecule has 0 heterocycles. The molecule has 1 aromatic carbocycles. The number of nitrogens with zero attached hydrogens (tertiary/aromatic N) is 1. The molecular weight excluding hydrogens is 208 g/mol. The van der Waals surface area contributed by atoms with Crippen LogP contribution < -0.4 is 10.0 Å². The molecule has 0 aliphatic rings. The molecule has 0 saturated heterocycles. The largest absolute Gasteiger partial charge is 0.375 e. The first kappa shape index (κ1) is 10.1. The van der Waals surface area contributed by atoms with E-state index in [4.69, 9.17) is 10.3 Å². The maximum absolute atomic E-state index is 10.8. The number of hydrogen-bond donors (Lipinski definition) is 2. The fourth-order valence-corrected chi connectivity index (χ4v) is 1.61. The van der Waals surface area contributed by atoms with Gasteiger partial charge < -0.3 is 5.73 Å². The van der Waals surface area contributed by atoms with Crippen LogP contribution in [-0.2, 0) is 11.3 Å². The predicted octanol–water partition coefficient (Wildman–Crippen LogP) is 0.873. The van der Waals surface area contributed by atoms with Crippen molar-refractivity contribution in [3.05, 3.63) is 30.3 Å². The first-order chi connectivity index (χ1) is 6.13. The SMILES string of the molecule is NC(=S)N(c1ccccc1)S(=O)O. The minimum absolute atomic E-state index is 0.132. The third kappa shape index (κ3) is 2.48. The monoisotopic (exact) mass is 216 g/mol. The Balaban J connectivity index is 3.03. The molecule has 1 unspecified atom stereocenters. The number of hydrogen-bond acceptors (Lipinski definition) is 2. The second kappa shape index (κ2) is 4.31. The van der Waals surface area contributed by atoms with Crippen molar-refractivity contribution in [2.24, 2.45) is 5.73 Å². The van der Waals surface area contributed by atoms with Crippen LogP contribution in [0.2, 0.25) is 0 Å². The van der Waals surface area contributed by atoms with E-state index in [1.54, 1.807) is 30.3 Å². The summed E-state index contributed by atoms with van der Waals surface area (Å²) in [6, 6.07) is 8.54. The lowest BCUT2D eigenvalue weighted by molar-refractivity contribution is 0.565. The number of anilines is 1. The topological polar surface area (TPSA) is 66.6 Å². The highest BCUT2D eigenvalue weighted by Gasteiger charge is 2.13. The van der Waals surface area contributed by atoms with E-state index >= 15 is 0 Å². The first-order valence-electron chi connectivity index (χ1n) is 3.38. The van der Waals surface area contributed by atoms with Gasteiger partial charge in [-0.3, -0.25) is 4.55 Å². The van der Waals surface area contributed by atoms with Crippen LogP contribution in [0, 0.1) is 0 Å². The molecule has 0 bridgehead atoms. The minimum Gasteiger partial charge on any atom is -0.375 e. The number of rotatable bonds is 2. The number of thiocarbonyl (C=S) groups is 1. The molecule has 0 aliphatic carbocycles. The normalized spacial score (nSPS) is 12.1. The summed E-state index contributed by atoms with van der Waals surface area (Å²) in [5, 5.41) is -0.132. The fourth-order valence-electron chi connectivity index (χ4n) is 0.858. The molecule has 13 heavy (non-hydrogen) atoms. The van der Waals surface area contributed by atoms with Gasteiger partial charge in [-0.2, -0.15) is 0 Å². The second-order valence-corrected chi connectivity index (χ2v) is 3.44. The zero-order valence-corrected chi connectivity index (χ0v) is 8.22. The summed E-state index contributed by atoms with van der Waals surface area (Å²) < 4.78 is 20.6. The zero-order chi connectivity index (χ0) is 9.84. The lowest BCUT2D eigenvalue weighted by Gasteiger charge is -2.16. The van der Waals surface area contributed by atoms with Crippen molar-refractivity contribution in [3.63, 3.8) is 0 Å². The van der Waals surface area contributed by atoms with Crippen molar-refractivity contribution in [2.75, 3.05) is 4.31 Å². The molecule has 0 saturated carbocycles. The Kier molecular flexibility index (Phi) is 3.35. The van der Waals surface area contributed by atoms with Gasteiger partial charge in [-0.1, -0.05) is 18.2 Å². The predicted molar refractivity (Wildman–Crippen MR) is 56.5 cm³/mol. The van der Waals surface area contributed by atoms with Crippen LogP contribution in [0.3, 0.4) is 0 Å². The molecule has 0 radical (unpaired) electrons. The Morgan fingerprint density at radius 2 is 2.00 bits per heavy atom. The summed E-state index contributed by atoms with van der Waals surface area (Å²) in [6.45, 7) is 0. The third-order valence-electron chi connectivity index (χ3n) is 1.35. The minimum atomic E-state index is -2.22. The molecule has 0 spiro atoms. The van der Waals surface area contributed by atoms with Crippen LogP contribution >= 0.6 is 12.2 Å². The molecule has 1 aromatic rings. The van der Waals surface area contributed by atoms with Gasteiger partial charge in [0.05, 0.1) is 5.69 Å². The molecular formula is C7H8N2O2S2. The van der Waals surface area contributed by atoms with E-state index in [1.165, 1.54) is 0 Å². The van der Waals surface area contributed by atoms with E-state index in [-0.39, 0.29) is 5.11 Å². The fraction of sp³-hybridized carbons (Fsp3) is 0. The van der Waals surface area contributed by atoms with Gasteiger partial charge in [-0.05, 0) is 24.4 Å². The lowest BCUT2D eigenvalue weighted by atomic mass is 10.3. The molecule has 70 valence electrons. The number of para-hydroxylation sites is 1. The van der Waals surface area contributed by atoms with E-state index in [9.17, 15) is 4.21 Å². The summed E-state index contributed by atoms with van der Waals surface area (Å²) >= 11 is 2.41. The molecule has 4 nitrogen and oxygen atoms in total. The standard InChI is InChI=1S/C7H8N2O2S2/c8-7(12)9(13(10)11)6-4-2-1-3-5-6/h1-5H,(H2,8,12)(H,10,11). The van der Waals surface area contributed by atoms with E-state index < -0.39 is 11.3 Å². The quantitative estimate of drug-likeness (QED) is 0.568. The maximum Gasteiger partial charge on any atom is 0.268 e. The Hall–Kier alpha value is -0.980. The van der Waals surface area contributed by atoms with Crippen molar-refractivity contribution in [1.82, 2.24) is 0 Å². The highest BCUT2D eigenvalue weighted by atomic mass is 32.2. The summed E-state index contributed by atoms with van der Waals surface area (Å²) in [6.07, 6.45) is 0. The van der Waals surface area contributed by atoms with Gasteiger partial charge in [-0.25, -0.2) is 8.51 Å². The van der Waals surface area contributed by atoms with E-state index in [0.717, 1.165) is 4.31 Å². The van der Waals surface area contributed by atoms with Gasteiger partial charge in [0.15, 0.2) is 5.11 Å². The molecule has 1 atom stereocenters. The van der Waals surface area contributed by atoms with E-state index in [2.05, 4.69) is 12.2 Å². The van der Waals surface area contributed by atoms with Crippen LogP contribution in [-0.4, -0.2) is 13.9 Å². The van der Waals surface area contributed by atoms with Crippen LogP contribution in [0.4, 0.5) is 5.69 Å². The van der Waals surface area contributed by atoms with Gasteiger partial charge in [-0.15, -0.1) is 0 Å². The molecule has 0 amide bonds. The molecule has 0 fully saturated rings. The number of benzene rings is 1. The van der Waals surface area contributed by atoms with Crippen molar-refractivity contribution in [1.29, 1.82) is 0 Å².